The number of esters is 1. The molecule has 0 fully saturated rings. The molecular weight excluding hydrogens is 374 g/mol. The van der Waals surface area contributed by atoms with Crippen LogP contribution in [0.1, 0.15) is 16.1 Å². The van der Waals surface area contributed by atoms with Gasteiger partial charge in [-0.05, 0) is 54.6 Å². The van der Waals surface area contributed by atoms with E-state index in [9.17, 15) is 4.79 Å². The molecule has 5 nitrogen and oxygen atoms in total. The van der Waals surface area contributed by atoms with Crippen molar-refractivity contribution >= 4 is 39.8 Å². The lowest BCUT2D eigenvalue weighted by atomic mass is 10.1. The van der Waals surface area contributed by atoms with E-state index >= 15 is 0 Å². The molecule has 0 amide bonds. The number of nitrogens with zero attached hydrogens (tertiary/aromatic N) is 2. The fourth-order valence-corrected chi connectivity index (χ4v) is 3.31. The molecule has 0 radical (unpaired) electrons. The van der Waals surface area contributed by atoms with Gasteiger partial charge in [-0.25, -0.2) is 4.79 Å². The molecule has 6 heteroatoms. The number of halogens is 1. The number of anilines is 2. The SMILES string of the molecule is COC(=O)c1cc(Cl)ccc1Nc1ccc2c(ccn2Cc2ccccn2)c1. The molecule has 2 aromatic heterocycles. The molecule has 0 saturated carbocycles. The van der Waals surface area contributed by atoms with Crippen LogP contribution in [0.3, 0.4) is 0 Å². The number of nitrogens with one attached hydrogen (secondary N) is 1. The van der Waals surface area contributed by atoms with E-state index in [4.69, 9.17) is 16.3 Å². The molecule has 2 aromatic carbocycles. The molecule has 2 heterocycles. The van der Waals surface area contributed by atoms with E-state index in [0.717, 1.165) is 22.3 Å². The number of aromatic nitrogens is 2. The maximum absolute atomic E-state index is 12.0. The summed E-state index contributed by atoms with van der Waals surface area (Å²) in [4.78, 5) is 16.4. The van der Waals surface area contributed by atoms with Gasteiger partial charge in [0.2, 0.25) is 0 Å². The maximum Gasteiger partial charge on any atom is 0.340 e. The minimum absolute atomic E-state index is 0.391. The van der Waals surface area contributed by atoms with Gasteiger partial charge in [-0.15, -0.1) is 0 Å². The Morgan fingerprint density at radius 2 is 2.04 bits per heavy atom. The Morgan fingerprint density at radius 3 is 2.82 bits per heavy atom. The first-order chi connectivity index (χ1) is 13.6. The lowest BCUT2D eigenvalue weighted by Gasteiger charge is -2.12. The highest BCUT2D eigenvalue weighted by molar-refractivity contribution is 6.31. The number of ether oxygens (including phenoxy) is 1. The topological polar surface area (TPSA) is 56.1 Å². The second-order valence-electron chi connectivity index (χ2n) is 6.34. The number of methoxy groups -OCH3 is 1. The second kappa shape index (κ2) is 7.74. The minimum Gasteiger partial charge on any atom is -0.465 e. The largest absolute Gasteiger partial charge is 0.465 e. The Morgan fingerprint density at radius 1 is 1.14 bits per heavy atom. The lowest BCUT2D eigenvalue weighted by molar-refractivity contribution is 0.0602. The first kappa shape index (κ1) is 18.1. The number of carbonyl (C=O) groups excluding carboxylic acids is 1. The minimum atomic E-state index is -0.437. The summed E-state index contributed by atoms with van der Waals surface area (Å²) in [7, 11) is 1.35. The number of hydrogen-bond donors (Lipinski definition) is 1. The van der Waals surface area contributed by atoms with Gasteiger partial charge < -0.3 is 14.6 Å². The third-order valence-electron chi connectivity index (χ3n) is 4.50. The molecular formula is C22H18ClN3O2. The smallest absolute Gasteiger partial charge is 0.340 e. The van der Waals surface area contributed by atoms with Crippen LogP contribution >= 0.6 is 11.6 Å². The molecule has 0 aliphatic heterocycles. The Labute approximate surface area is 167 Å². The third-order valence-corrected chi connectivity index (χ3v) is 4.73. The van der Waals surface area contributed by atoms with Crippen molar-refractivity contribution in [2.75, 3.05) is 12.4 Å². The van der Waals surface area contributed by atoms with E-state index in [2.05, 4.69) is 20.9 Å². The van der Waals surface area contributed by atoms with E-state index in [-0.39, 0.29) is 0 Å². The van der Waals surface area contributed by atoms with Gasteiger partial charge in [-0.1, -0.05) is 17.7 Å². The zero-order valence-corrected chi connectivity index (χ0v) is 16.0. The number of pyridine rings is 1. The molecule has 1 N–H and O–H groups in total. The van der Waals surface area contributed by atoms with Crippen molar-refractivity contribution in [3.8, 4) is 0 Å². The zero-order chi connectivity index (χ0) is 19.5. The zero-order valence-electron chi connectivity index (χ0n) is 15.2. The number of rotatable bonds is 5. The fourth-order valence-electron chi connectivity index (χ4n) is 3.14. The first-order valence-corrected chi connectivity index (χ1v) is 9.15. The van der Waals surface area contributed by atoms with Gasteiger partial charge in [-0.3, -0.25) is 4.98 Å². The van der Waals surface area contributed by atoms with E-state index in [1.807, 2.05) is 42.6 Å². The van der Waals surface area contributed by atoms with Crippen LogP contribution in [-0.2, 0) is 11.3 Å². The summed E-state index contributed by atoms with van der Waals surface area (Å²) >= 11 is 6.02. The van der Waals surface area contributed by atoms with Gasteiger partial charge in [-0.2, -0.15) is 0 Å². The molecule has 0 aliphatic carbocycles. The number of hydrogen-bond acceptors (Lipinski definition) is 4. The quantitative estimate of drug-likeness (QED) is 0.471. The summed E-state index contributed by atoms with van der Waals surface area (Å²) in [5, 5.41) is 4.86. The maximum atomic E-state index is 12.0. The van der Waals surface area contributed by atoms with Crippen LogP contribution < -0.4 is 5.32 Å². The third kappa shape index (κ3) is 3.70. The van der Waals surface area contributed by atoms with Gasteiger partial charge in [0.25, 0.3) is 0 Å². The standard InChI is InChI=1S/C22H18ClN3O2/c1-28-22(27)19-13-16(23)5-7-20(19)25-17-6-8-21-15(12-17)9-11-26(21)14-18-4-2-3-10-24-18/h2-13,25H,14H2,1H3. The number of carbonyl (C=O) groups is 1. The van der Waals surface area contributed by atoms with Crippen molar-refractivity contribution < 1.29 is 9.53 Å². The van der Waals surface area contributed by atoms with Crippen molar-refractivity contribution in [2.45, 2.75) is 6.54 Å². The summed E-state index contributed by atoms with van der Waals surface area (Å²) in [5.74, 6) is -0.437. The van der Waals surface area contributed by atoms with Crippen LogP contribution in [0.15, 0.2) is 73.1 Å². The molecule has 0 saturated heterocycles. The number of benzene rings is 2. The molecule has 4 rings (SSSR count). The van der Waals surface area contributed by atoms with Gasteiger partial charge >= 0.3 is 5.97 Å². The average Bonchev–Trinajstić information content (AvgIpc) is 3.11. The van der Waals surface area contributed by atoms with Crippen molar-refractivity contribution in [1.82, 2.24) is 9.55 Å². The molecule has 28 heavy (non-hydrogen) atoms. The van der Waals surface area contributed by atoms with Crippen molar-refractivity contribution in [2.24, 2.45) is 0 Å². The lowest BCUT2D eigenvalue weighted by Crippen LogP contribution is -2.05. The Hall–Kier alpha value is -3.31. The summed E-state index contributed by atoms with van der Waals surface area (Å²) in [6.07, 6.45) is 3.85. The highest BCUT2D eigenvalue weighted by atomic mass is 35.5. The Balaban J connectivity index is 1.62. The summed E-state index contributed by atoms with van der Waals surface area (Å²) in [5.41, 5.74) is 4.02. The van der Waals surface area contributed by atoms with Crippen LogP contribution in [0, 0.1) is 0 Å². The summed E-state index contributed by atoms with van der Waals surface area (Å²) in [6, 6.07) is 19.1. The summed E-state index contributed by atoms with van der Waals surface area (Å²) < 4.78 is 7.01. The van der Waals surface area contributed by atoms with Crippen molar-refractivity contribution in [3.05, 3.63) is 89.3 Å². The first-order valence-electron chi connectivity index (χ1n) is 8.78. The Bertz CT molecular complexity index is 1140. The van der Waals surface area contributed by atoms with Crippen LogP contribution in [0.25, 0.3) is 10.9 Å². The fraction of sp³-hybridized carbons (Fsp3) is 0.0909. The highest BCUT2D eigenvalue weighted by Crippen LogP contribution is 2.27. The van der Waals surface area contributed by atoms with Gasteiger partial charge in [0.05, 0.1) is 30.6 Å². The van der Waals surface area contributed by atoms with Crippen molar-refractivity contribution in [1.29, 1.82) is 0 Å². The predicted octanol–water partition coefficient (Wildman–Crippen LogP) is 5.27. The molecule has 0 unspecified atom stereocenters. The van der Waals surface area contributed by atoms with Gasteiger partial charge in [0.15, 0.2) is 0 Å². The van der Waals surface area contributed by atoms with E-state index in [0.29, 0.717) is 22.8 Å². The molecule has 0 spiro atoms. The molecule has 0 aliphatic rings. The van der Waals surface area contributed by atoms with Crippen LogP contribution in [0.2, 0.25) is 5.02 Å². The van der Waals surface area contributed by atoms with E-state index in [1.54, 1.807) is 24.4 Å². The van der Waals surface area contributed by atoms with Crippen LogP contribution in [0.4, 0.5) is 11.4 Å². The van der Waals surface area contributed by atoms with E-state index < -0.39 is 5.97 Å². The van der Waals surface area contributed by atoms with Crippen LogP contribution in [0.5, 0.6) is 0 Å². The predicted molar refractivity (Wildman–Crippen MR) is 111 cm³/mol. The highest BCUT2D eigenvalue weighted by Gasteiger charge is 2.13. The Kier molecular flexibility index (Phi) is 5.00. The summed E-state index contributed by atoms with van der Waals surface area (Å²) in [6.45, 7) is 0.709. The molecule has 0 bridgehead atoms. The normalized spacial score (nSPS) is 10.8. The van der Waals surface area contributed by atoms with Gasteiger partial charge in [0.1, 0.15) is 0 Å². The monoisotopic (exact) mass is 391 g/mol. The van der Waals surface area contributed by atoms with Gasteiger partial charge in [0, 0.05) is 34.0 Å². The molecule has 140 valence electrons. The molecule has 4 aromatic rings. The second-order valence-corrected chi connectivity index (χ2v) is 6.78. The van der Waals surface area contributed by atoms with Crippen molar-refractivity contribution in [3.63, 3.8) is 0 Å². The number of fused-ring (bicyclic) bond motifs is 1. The molecule has 0 atom stereocenters. The average molecular weight is 392 g/mol. The van der Waals surface area contributed by atoms with Crippen LogP contribution in [-0.4, -0.2) is 22.6 Å². The van der Waals surface area contributed by atoms with E-state index in [1.165, 1.54) is 7.11 Å².